The number of halogens is 2. The van der Waals surface area contributed by atoms with E-state index in [0.717, 1.165) is 36.4 Å². The first kappa shape index (κ1) is 18.7. The lowest BCUT2D eigenvalue weighted by Gasteiger charge is -2.33. The molecule has 22 heavy (non-hydrogen) atoms. The quantitative estimate of drug-likeness (QED) is 0.851. The number of carbonyl (C=O) groups is 1. The van der Waals surface area contributed by atoms with Gasteiger partial charge in [0.1, 0.15) is 0 Å². The van der Waals surface area contributed by atoms with Crippen molar-refractivity contribution >= 4 is 41.8 Å². The third-order valence-corrected chi connectivity index (χ3v) is 3.87. The first-order chi connectivity index (χ1) is 9.58. The van der Waals surface area contributed by atoms with Gasteiger partial charge in [0.2, 0.25) is 0 Å². The highest BCUT2D eigenvalue weighted by atomic mass is 35.5. The molecule has 6 nitrogen and oxygen atoms in total. The summed E-state index contributed by atoms with van der Waals surface area (Å²) in [5.74, 6) is 0.0525. The van der Waals surface area contributed by atoms with Gasteiger partial charge >= 0.3 is 0 Å². The van der Waals surface area contributed by atoms with Crippen LogP contribution < -0.4 is 5.32 Å². The zero-order valence-corrected chi connectivity index (χ0v) is 14.5. The first-order valence-electron chi connectivity index (χ1n) is 6.89. The number of hydrogen-bond acceptors (Lipinski definition) is 4. The van der Waals surface area contributed by atoms with Gasteiger partial charge in [0.15, 0.2) is 5.65 Å². The van der Waals surface area contributed by atoms with E-state index >= 15 is 0 Å². The fraction of sp³-hybridized carbons (Fsp3) is 0.500. The van der Waals surface area contributed by atoms with Crippen molar-refractivity contribution in [2.24, 2.45) is 7.05 Å². The molecule has 0 aliphatic carbocycles. The van der Waals surface area contributed by atoms with Crippen LogP contribution >= 0.6 is 24.8 Å². The van der Waals surface area contributed by atoms with Crippen LogP contribution in [0.3, 0.4) is 0 Å². The Bertz CT molecular complexity index is 673. The van der Waals surface area contributed by atoms with Crippen molar-refractivity contribution in [2.75, 3.05) is 19.6 Å². The van der Waals surface area contributed by atoms with Crippen molar-refractivity contribution in [3.63, 3.8) is 0 Å². The summed E-state index contributed by atoms with van der Waals surface area (Å²) in [7, 11) is 1.86. The average Bonchev–Trinajstić information content (AvgIpc) is 2.73. The maximum Gasteiger partial charge on any atom is 0.255 e. The summed E-state index contributed by atoms with van der Waals surface area (Å²) in [4.78, 5) is 18.9. The second kappa shape index (κ2) is 7.26. The van der Waals surface area contributed by atoms with E-state index in [9.17, 15) is 4.79 Å². The van der Waals surface area contributed by atoms with Crippen LogP contribution in [0.2, 0.25) is 0 Å². The van der Waals surface area contributed by atoms with E-state index < -0.39 is 0 Å². The van der Waals surface area contributed by atoms with Crippen molar-refractivity contribution in [1.82, 2.24) is 25.0 Å². The van der Waals surface area contributed by atoms with Crippen LogP contribution in [0.15, 0.2) is 12.3 Å². The number of hydrogen-bond donors (Lipinski definition) is 1. The molecule has 1 amide bonds. The molecule has 3 heterocycles. The summed E-state index contributed by atoms with van der Waals surface area (Å²) < 4.78 is 1.74. The Morgan fingerprint density at radius 3 is 2.82 bits per heavy atom. The van der Waals surface area contributed by atoms with Crippen LogP contribution in [-0.2, 0) is 7.05 Å². The van der Waals surface area contributed by atoms with Gasteiger partial charge in [-0.05, 0) is 19.9 Å². The summed E-state index contributed by atoms with van der Waals surface area (Å²) in [5, 5.41) is 8.57. The molecule has 0 bridgehead atoms. The van der Waals surface area contributed by atoms with Crippen molar-refractivity contribution in [3.05, 3.63) is 23.5 Å². The lowest BCUT2D eigenvalue weighted by Crippen LogP contribution is -2.52. The van der Waals surface area contributed by atoms with E-state index in [2.05, 4.69) is 22.3 Å². The number of piperazine rings is 1. The van der Waals surface area contributed by atoms with Crippen LogP contribution in [-0.4, -0.2) is 51.2 Å². The Labute approximate surface area is 142 Å². The number of pyridine rings is 1. The number of aromatic nitrogens is 3. The topological polar surface area (TPSA) is 63.1 Å². The van der Waals surface area contributed by atoms with Crippen LogP contribution in [0.25, 0.3) is 11.0 Å². The highest BCUT2D eigenvalue weighted by molar-refractivity contribution is 5.97. The molecule has 0 aromatic carbocycles. The normalized spacial score (nSPS) is 17.8. The fourth-order valence-corrected chi connectivity index (χ4v) is 2.73. The predicted molar refractivity (Wildman–Crippen MR) is 91.1 cm³/mol. The van der Waals surface area contributed by atoms with Crippen LogP contribution in [0.1, 0.15) is 23.0 Å². The Balaban J connectivity index is 0.00000121. The SMILES string of the molecule is Cc1nn(C)c2ncc(C(=O)N3CCNC[C@H]3C)cc12.Cl.Cl. The van der Waals surface area contributed by atoms with E-state index in [1.807, 2.05) is 24.9 Å². The van der Waals surface area contributed by atoms with Crippen molar-refractivity contribution in [2.45, 2.75) is 19.9 Å². The summed E-state index contributed by atoms with van der Waals surface area (Å²) in [6, 6.07) is 2.11. The second-order valence-corrected chi connectivity index (χ2v) is 5.36. The lowest BCUT2D eigenvalue weighted by molar-refractivity contribution is 0.0655. The van der Waals surface area contributed by atoms with Gasteiger partial charge in [-0.3, -0.25) is 9.48 Å². The third-order valence-electron chi connectivity index (χ3n) is 3.87. The minimum absolute atomic E-state index is 0. The Kier molecular flexibility index (Phi) is 6.17. The highest BCUT2D eigenvalue weighted by Crippen LogP contribution is 2.18. The van der Waals surface area contributed by atoms with Crippen LogP contribution in [0.4, 0.5) is 0 Å². The lowest BCUT2D eigenvalue weighted by atomic mass is 10.1. The van der Waals surface area contributed by atoms with Gasteiger partial charge in [-0.1, -0.05) is 0 Å². The molecule has 8 heteroatoms. The summed E-state index contributed by atoms with van der Waals surface area (Å²) in [6.07, 6.45) is 1.65. The number of rotatable bonds is 1. The largest absolute Gasteiger partial charge is 0.333 e. The molecule has 2 aromatic heterocycles. The zero-order chi connectivity index (χ0) is 14.3. The van der Waals surface area contributed by atoms with Crippen LogP contribution in [0, 0.1) is 6.92 Å². The second-order valence-electron chi connectivity index (χ2n) is 5.36. The predicted octanol–water partition coefficient (Wildman–Crippen LogP) is 1.55. The van der Waals surface area contributed by atoms with Crippen molar-refractivity contribution < 1.29 is 4.79 Å². The van der Waals surface area contributed by atoms with Gasteiger partial charge in [0.05, 0.1) is 11.3 Å². The maximum atomic E-state index is 12.6. The number of nitrogens with zero attached hydrogens (tertiary/aromatic N) is 4. The van der Waals surface area contributed by atoms with Crippen molar-refractivity contribution in [3.8, 4) is 0 Å². The molecule has 1 aliphatic rings. The van der Waals surface area contributed by atoms with E-state index in [-0.39, 0.29) is 36.8 Å². The third kappa shape index (κ3) is 3.19. The fourth-order valence-electron chi connectivity index (χ4n) is 2.73. The molecular formula is C14H21Cl2N5O. The monoisotopic (exact) mass is 345 g/mol. The zero-order valence-electron chi connectivity index (χ0n) is 12.9. The highest BCUT2D eigenvalue weighted by Gasteiger charge is 2.24. The van der Waals surface area contributed by atoms with Gasteiger partial charge < -0.3 is 10.2 Å². The maximum absolute atomic E-state index is 12.6. The minimum atomic E-state index is 0. The Morgan fingerprint density at radius 2 is 2.14 bits per heavy atom. The molecule has 0 spiro atoms. The molecule has 122 valence electrons. The van der Waals surface area contributed by atoms with E-state index in [1.54, 1.807) is 10.9 Å². The molecule has 1 aliphatic heterocycles. The van der Waals surface area contributed by atoms with Gasteiger partial charge in [0, 0.05) is 44.3 Å². The first-order valence-corrected chi connectivity index (χ1v) is 6.89. The van der Waals surface area contributed by atoms with E-state index in [1.165, 1.54) is 0 Å². The van der Waals surface area contributed by atoms with E-state index in [0.29, 0.717) is 5.56 Å². The molecule has 0 saturated carbocycles. The van der Waals surface area contributed by atoms with Crippen LogP contribution in [0.5, 0.6) is 0 Å². The van der Waals surface area contributed by atoms with Gasteiger partial charge in [-0.25, -0.2) is 4.98 Å². The molecule has 1 saturated heterocycles. The summed E-state index contributed by atoms with van der Waals surface area (Å²) in [6.45, 7) is 6.42. The number of fused-ring (bicyclic) bond motifs is 1. The number of nitrogens with one attached hydrogen (secondary N) is 1. The molecule has 0 radical (unpaired) electrons. The smallest absolute Gasteiger partial charge is 0.255 e. The summed E-state index contributed by atoms with van der Waals surface area (Å²) >= 11 is 0. The van der Waals surface area contributed by atoms with Crippen molar-refractivity contribution in [1.29, 1.82) is 0 Å². The van der Waals surface area contributed by atoms with E-state index in [4.69, 9.17) is 0 Å². The molecule has 3 rings (SSSR count). The number of amides is 1. The van der Waals surface area contributed by atoms with Gasteiger partial charge in [-0.15, -0.1) is 24.8 Å². The molecule has 2 aromatic rings. The molecular weight excluding hydrogens is 325 g/mol. The molecule has 1 atom stereocenters. The van der Waals surface area contributed by atoms with Gasteiger partial charge in [0.25, 0.3) is 5.91 Å². The Hall–Kier alpha value is -1.37. The minimum Gasteiger partial charge on any atom is -0.333 e. The van der Waals surface area contributed by atoms with Gasteiger partial charge in [-0.2, -0.15) is 5.10 Å². The number of aryl methyl sites for hydroxylation is 2. The number of carbonyl (C=O) groups excluding carboxylic acids is 1. The molecule has 1 fully saturated rings. The Morgan fingerprint density at radius 1 is 1.41 bits per heavy atom. The molecule has 0 unspecified atom stereocenters. The molecule has 1 N–H and O–H groups in total. The summed E-state index contributed by atoms with van der Waals surface area (Å²) in [5.41, 5.74) is 2.35. The average molecular weight is 346 g/mol. The standard InChI is InChI=1S/C14H19N5O.2ClH/c1-9-7-15-4-5-19(9)14(20)11-6-12-10(2)17-18(3)13(12)16-8-11;;/h6,8-9,15H,4-5,7H2,1-3H3;2*1H/t9-;;/m1../s1.